The van der Waals surface area contributed by atoms with Crippen LogP contribution in [-0.2, 0) is 4.79 Å². The average Bonchev–Trinajstić information content (AvgIpc) is 3.26. The van der Waals surface area contributed by atoms with Gasteiger partial charge in [0.1, 0.15) is 11.8 Å². The third kappa shape index (κ3) is 4.62. The quantitative estimate of drug-likeness (QED) is 0.372. The fourth-order valence-electron chi connectivity index (χ4n) is 5.16. The molecule has 0 bridgehead atoms. The number of hydrogen-bond donors (Lipinski definition) is 1. The van der Waals surface area contributed by atoms with Gasteiger partial charge in [0.15, 0.2) is 4.80 Å². The van der Waals surface area contributed by atoms with Crippen molar-refractivity contribution in [3.05, 3.63) is 108 Å². The molecule has 1 atom stereocenters. The van der Waals surface area contributed by atoms with Gasteiger partial charge in [-0.25, -0.2) is 9.79 Å². The predicted octanol–water partition coefficient (Wildman–Crippen LogP) is 3.96. The number of aromatic nitrogens is 1. The van der Waals surface area contributed by atoms with Crippen molar-refractivity contribution in [2.45, 2.75) is 26.8 Å². The highest BCUT2D eigenvalue weighted by Crippen LogP contribution is 2.40. The Balaban J connectivity index is 1.81. The number of nitrogens with zero attached hydrogens (tertiary/aromatic N) is 3. The van der Waals surface area contributed by atoms with Crippen LogP contribution in [0, 0.1) is 0 Å². The molecule has 0 unspecified atom stereocenters. The van der Waals surface area contributed by atoms with Gasteiger partial charge in [0.05, 0.1) is 28.5 Å². The number of carboxylic acids is 1. The average molecular weight is 556 g/mol. The van der Waals surface area contributed by atoms with Crippen LogP contribution in [0.4, 0.5) is 0 Å². The number of methoxy groups -OCH3 is 1. The van der Waals surface area contributed by atoms with Crippen molar-refractivity contribution in [1.29, 1.82) is 0 Å². The van der Waals surface area contributed by atoms with Crippen molar-refractivity contribution in [3.8, 4) is 5.75 Å². The van der Waals surface area contributed by atoms with E-state index in [2.05, 4.69) is 0 Å². The molecule has 5 rings (SSSR count). The highest BCUT2D eigenvalue weighted by Gasteiger charge is 2.36. The number of allylic oxidation sites excluding steroid dienone is 1. The Morgan fingerprint density at radius 2 is 1.77 bits per heavy atom. The summed E-state index contributed by atoms with van der Waals surface area (Å²) >= 11 is 1.23. The fraction of sp³-hybridized carbons (Fsp3) is 0.226. The standard InChI is InChI=1S/C31H29N3O5S/c1-5-33(6-2)29(36)25-18(3)32-31-34(27(25)26-22-10-8-7-9-20(22)15-16-23(26)39-4)28(35)24(40-31)17-19-11-13-21(14-12-19)30(37)38/h7-17,27H,5-6H2,1-4H3,(H,37,38)/b24-17+/t27-/m0/s1. The summed E-state index contributed by atoms with van der Waals surface area (Å²) in [7, 11) is 1.58. The summed E-state index contributed by atoms with van der Waals surface area (Å²) < 4.78 is 7.84. The van der Waals surface area contributed by atoms with Gasteiger partial charge in [-0.1, -0.05) is 53.8 Å². The highest BCUT2D eigenvalue weighted by molar-refractivity contribution is 7.07. The van der Waals surface area contributed by atoms with Gasteiger partial charge in [-0.3, -0.25) is 14.2 Å². The molecular weight excluding hydrogens is 526 g/mol. The molecule has 1 N–H and O–H groups in total. The van der Waals surface area contributed by atoms with Gasteiger partial charge in [-0.15, -0.1) is 0 Å². The smallest absolute Gasteiger partial charge is 0.335 e. The normalized spacial score (nSPS) is 15.1. The number of benzene rings is 3. The van der Waals surface area contributed by atoms with Gasteiger partial charge in [-0.05, 0) is 61.4 Å². The molecule has 1 aliphatic rings. The van der Waals surface area contributed by atoms with Crippen LogP contribution in [0.25, 0.3) is 16.8 Å². The summed E-state index contributed by atoms with van der Waals surface area (Å²) in [5.41, 5.74) is 2.27. The van der Waals surface area contributed by atoms with Gasteiger partial charge in [0, 0.05) is 18.7 Å². The molecule has 0 radical (unpaired) electrons. The van der Waals surface area contributed by atoms with Crippen LogP contribution in [0.1, 0.15) is 48.3 Å². The minimum Gasteiger partial charge on any atom is -0.496 e. The maximum absolute atomic E-state index is 14.1. The number of fused-ring (bicyclic) bond motifs is 2. The first-order valence-electron chi connectivity index (χ1n) is 13.0. The molecule has 9 heteroatoms. The molecule has 40 heavy (non-hydrogen) atoms. The van der Waals surface area contributed by atoms with Crippen LogP contribution in [0.3, 0.4) is 0 Å². The van der Waals surface area contributed by atoms with Crippen molar-refractivity contribution in [1.82, 2.24) is 9.47 Å². The van der Waals surface area contributed by atoms with Crippen molar-refractivity contribution < 1.29 is 19.4 Å². The van der Waals surface area contributed by atoms with Gasteiger partial charge in [0.25, 0.3) is 11.5 Å². The molecular formula is C31H29N3O5S. The second kappa shape index (κ2) is 10.9. The molecule has 3 aromatic carbocycles. The van der Waals surface area contributed by atoms with Crippen LogP contribution >= 0.6 is 11.3 Å². The molecule has 8 nitrogen and oxygen atoms in total. The van der Waals surface area contributed by atoms with Crippen LogP contribution < -0.4 is 19.6 Å². The van der Waals surface area contributed by atoms with E-state index < -0.39 is 12.0 Å². The zero-order chi connectivity index (χ0) is 28.6. The molecule has 0 saturated carbocycles. The summed E-state index contributed by atoms with van der Waals surface area (Å²) in [5, 5.41) is 11.1. The van der Waals surface area contributed by atoms with E-state index >= 15 is 0 Å². The van der Waals surface area contributed by atoms with E-state index in [0.29, 0.717) is 45.0 Å². The second-order valence-corrected chi connectivity index (χ2v) is 10.4. The SMILES string of the molecule is CCN(CC)C(=O)C1=C(C)N=c2s/c(=C/c3ccc(C(=O)O)cc3)c(=O)n2[C@@H]1c1c(OC)ccc2ccccc12. The topological polar surface area (TPSA) is 101 Å². The lowest BCUT2D eigenvalue weighted by molar-refractivity contribution is -0.127. The lowest BCUT2D eigenvalue weighted by Crippen LogP contribution is -2.43. The third-order valence-corrected chi connectivity index (χ3v) is 8.17. The van der Waals surface area contributed by atoms with Crippen LogP contribution in [-0.4, -0.2) is 46.6 Å². The molecule has 204 valence electrons. The summed E-state index contributed by atoms with van der Waals surface area (Å²) in [6, 6.07) is 17.2. The molecule has 0 saturated heterocycles. The number of thiazole rings is 1. The van der Waals surface area contributed by atoms with Gasteiger partial charge in [0.2, 0.25) is 0 Å². The van der Waals surface area contributed by atoms with Gasteiger partial charge >= 0.3 is 5.97 Å². The van der Waals surface area contributed by atoms with E-state index in [4.69, 9.17) is 9.73 Å². The van der Waals surface area contributed by atoms with Gasteiger partial charge < -0.3 is 14.7 Å². The van der Waals surface area contributed by atoms with Crippen molar-refractivity contribution in [2.75, 3.05) is 20.2 Å². The summed E-state index contributed by atoms with van der Waals surface area (Å²) in [4.78, 5) is 46.3. The minimum absolute atomic E-state index is 0.164. The van der Waals surface area contributed by atoms with Crippen LogP contribution in [0.2, 0.25) is 0 Å². The fourth-order valence-corrected chi connectivity index (χ4v) is 6.20. The molecule has 2 heterocycles. The maximum Gasteiger partial charge on any atom is 0.335 e. The minimum atomic E-state index is -1.02. The monoisotopic (exact) mass is 555 g/mol. The van der Waals surface area contributed by atoms with Crippen molar-refractivity contribution in [2.24, 2.45) is 4.99 Å². The lowest BCUT2D eigenvalue weighted by Gasteiger charge is -2.30. The number of likely N-dealkylation sites (N-methyl/N-ethyl adjacent to an activating group) is 1. The molecule has 1 amide bonds. The molecule has 0 fully saturated rings. The van der Waals surface area contributed by atoms with Crippen LogP contribution in [0.15, 0.2) is 81.7 Å². The molecule has 4 aromatic rings. The number of rotatable bonds is 7. The van der Waals surface area contributed by atoms with Gasteiger partial charge in [-0.2, -0.15) is 0 Å². The van der Waals surface area contributed by atoms with E-state index in [0.717, 1.165) is 16.3 Å². The first-order valence-corrected chi connectivity index (χ1v) is 13.8. The van der Waals surface area contributed by atoms with E-state index in [-0.39, 0.29) is 17.0 Å². The number of aromatic carboxylic acids is 1. The summed E-state index contributed by atoms with van der Waals surface area (Å²) in [5.74, 6) is -0.623. The molecule has 0 spiro atoms. The highest BCUT2D eigenvalue weighted by atomic mass is 32.1. The van der Waals surface area contributed by atoms with Crippen LogP contribution in [0.5, 0.6) is 5.75 Å². The zero-order valence-corrected chi connectivity index (χ0v) is 23.5. The van der Waals surface area contributed by atoms with Crippen molar-refractivity contribution >= 4 is 40.1 Å². The van der Waals surface area contributed by atoms with E-state index in [1.807, 2.05) is 57.2 Å². The maximum atomic E-state index is 14.1. The van der Waals surface area contributed by atoms with E-state index in [9.17, 15) is 19.5 Å². The number of amides is 1. The first-order chi connectivity index (χ1) is 19.3. The molecule has 0 aliphatic carbocycles. The molecule has 1 aliphatic heterocycles. The Labute approximate surface area is 234 Å². The Morgan fingerprint density at radius 3 is 2.42 bits per heavy atom. The molecule has 1 aromatic heterocycles. The Kier molecular flexibility index (Phi) is 7.40. The third-order valence-electron chi connectivity index (χ3n) is 7.18. The number of carbonyl (C=O) groups is 2. The second-order valence-electron chi connectivity index (χ2n) is 9.39. The lowest BCUT2D eigenvalue weighted by atomic mass is 9.90. The Morgan fingerprint density at radius 1 is 1.07 bits per heavy atom. The van der Waals surface area contributed by atoms with Crippen molar-refractivity contribution in [3.63, 3.8) is 0 Å². The number of carboxylic acid groups (broad SMARTS) is 1. The Bertz CT molecular complexity index is 1850. The largest absolute Gasteiger partial charge is 0.496 e. The summed E-state index contributed by atoms with van der Waals surface area (Å²) in [6.07, 6.45) is 1.72. The number of ether oxygens (including phenoxy) is 1. The summed E-state index contributed by atoms with van der Waals surface area (Å²) in [6.45, 7) is 6.69. The number of hydrogen-bond acceptors (Lipinski definition) is 6. The Hall–Kier alpha value is -4.50. The van der Waals surface area contributed by atoms with E-state index in [1.54, 1.807) is 34.8 Å². The predicted molar refractivity (Wildman–Crippen MR) is 156 cm³/mol. The van der Waals surface area contributed by atoms with E-state index in [1.165, 1.54) is 23.5 Å². The number of carbonyl (C=O) groups excluding carboxylic acids is 1. The zero-order valence-electron chi connectivity index (χ0n) is 22.7. The first kappa shape index (κ1) is 27.1.